The van der Waals surface area contributed by atoms with E-state index in [-0.39, 0.29) is 5.56 Å². The number of rotatable bonds is 4. The maximum Gasteiger partial charge on any atom is 0.131 e. The molecule has 0 saturated heterocycles. The Kier molecular flexibility index (Phi) is 4.66. The summed E-state index contributed by atoms with van der Waals surface area (Å²) >= 11 is 3.38. The molecule has 100 valence electrons. The third kappa shape index (κ3) is 3.19. The lowest BCUT2D eigenvalue weighted by Gasteiger charge is -2.20. The minimum absolute atomic E-state index is 0.0578. The third-order valence-corrected chi connectivity index (χ3v) is 3.37. The summed E-state index contributed by atoms with van der Waals surface area (Å²) in [6.45, 7) is 2.52. The van der Waals surface area contributed by atoms with Gasteiger partial charge in [0.05, 0.1) is 6.04 Å². The van der Waals surface area contributed by atoms with E-state index in [2.05, 4.69) is 21.2 Å². The Bertz CT molecular complexity index is 552. The van der Waals surface area contributed by atoms with Crippen LogP contribution in [0, 0.1) is 11.6 Å². The van der Waals surface area contributed by atoms with Crippen molar-refractivity contribution < 1.29 is 8.78 Å². The van der Waals surface area contributed by atoms with Gasteiger partial charge in [-0.3, -0.25) is 0 Å². The van der Waals surface area contributed by atoms with Gasteiger partial charge in [-0.1, -0.05) is 41.1 Å². The van der Waals surface area contributed by atoms with Crippen molar-refractivity contribution in [2.45, 2.75) is 13.0 Å². The van der Waals surface area contributed by atoms with E-state index in [1.54, 1.807) is 0 Å². The van der Waals surface area contributed by atoms with E-state index >= 15 is 0 Å². The van der Waals surface area contributed by atoms with Gasteiger partial charge in [-0.25, -0.2) is 8.78 Å². The Morgan fingerprint density at radius 2 is 1.74 bits per heavy atom. The van der Waals surface area contributed by atoms with Gasteiger partial charge in [0.15, 0.2) is 0 Å². The SMILES string of the molecule is CCNC(c1cccc(Br)c1)c1c(F)cccc1F. The average molecular weight is 326 g/mol. The van der Waals surface area contributed by atoms with E-state index in [1.165, 1.54) is 18.2 Å². The van der Waals surface area contributed by atoms with Crippen LogP contribution in [0.15, 0.2) is 46.9 Å². The molecule has 0 fully saturated rings. The second kappa shape index (κ2) is 6.26. The van der Waals surface area contributed by atoms with Crippen LogP contribution in [-0.4, -0.2) is 6.54 Å². The van der Waals surface area contributed by atoms with Gasteiger partial charge in [-0.15, -0.1) is 0 Å². The fraction of sp³-hybridized carbons (Fsp3) is 0.200. The fourth-order valence-corrected chi connectivity index (χ4v) is 2.48. The Hall–Kier alpha value is -1.26. The molecule has 2 aromatic rings. The normalized spacial score (nSPS) is 12.4. The summed E-state index contributed by atoms with van der Waals surface area (Å²) in [7, 11) is 0. The summed E-state index contributed by atoms with van der Waals surface area (Å²) in [5, 5.41) is 3.12. The van der Waals surface area contributed by atoms with Crippen molar-refractivity contribution in [2.75, 3.05) is 6.54 Å². The maximum atomic E-state index is 13.9. The molecule has 2 rings (SSSR count). The second-order valence-corrected chi connectivity index (χ2v) is 5.10. The second-order valence-electron chi connectivity index (χ2n) is 4.18. The zero-order chi connectivity index (χ0) is 13.8. The molecule has 0 heterocycles. The molecular formula is C15H14BrF2N. The highest BCUT2D eigenvalue weighted by atomic mass is 79.9. The van der Waals surface area contributed by atoms with Crippen LogP contribution >= 0.6 is 15.9 Å². The van der Waals surface area contributed by atoms with Gasteiger partial charge in [0.25, 0.3) is 0 Å². The van der Waals surface area contributed by atoms with E-state index in [9.17, 15) is 8.78 Å². The van der Waals surface area contributed by atoms with Crippen molar-refractivity contribution in [1.29, 1.82) is 0 Å². The Balaban J connectivity index is 2.51. The molecule has 0 radical (unpaired) electrons. The van der Waals surface area contributed by atoms with Gasteiger partial charge in [-0.2, -0.15) is 0 Å². The van der Waals surface area contributed by atoms with Crippen molar-refractivity contribution in [3.8, 4) is 0 Å². The van der Waals surface area contributed by atoms with Crippen LogP contribution in [-0.2, 0) is 0 Å². The predicted molar refractivity (Wildman–Crippen MR) is 76.0 cm³/mol. The quantitative estimate of drug-likeness (QED) is 0.877. The van der Waals surface area contributed by atoms with Crippen molar-refractivity contribution in [2.24, 2.45) is 0 Å². The lowest BCUT2D eigenvalue weighted by Crippen LogP contribution is -2.24. The van der Waals surface area contributed by atoms with E-state index in [0.29, 0.717) is 6.54 Å². The molecule has 2 aromatic carbocycles. The van der Waals surface area contributed by atoms with Crippen LogP contribution in [0.4, 0.5) is 8.78 Å². The molecule has 0 aliphatic rings. The summed E-state index contributed by atoms with van der Waals surface area (Å²) in [6, 6.07) is 10.9. The Morgan fingerprint density at radius 1 is 1.11 bits per heavy atom. The average Bonchev–Trinajstić information content (AvgIpc) is 2.37. The molecule has 1 unspecified atom stereocenters. The van der Waals surface area contributed by atoms with Crippen molar-refractivity contribution in [1.82, 2.24) is 5.32 Å². The molecule has 0 spiro atoms. The number of hydrogen-bond acceptors (Lipinski definition) is 1. The molecule has 1 nitrogen and oxygen atoms in total. The van der Waals surface area contributed by atoms with Gasteiger partial charge in [-0.05, 0) is 36.4 Å². The van der Waals surface area contributed by atoms with Crippen LogP contribution in [0.5, 0.6) is 0 Å². The van der Waals surface area contributed by atoms with Crippen LogP contribution in [0.1, 0.15) is 24.1 Å². The first-order valence-corrected chi connectivity index (χ1v) is 6.85. The first kappa shape index (κ1) is 14.2. The number of benzene rings is 2. The first-order chi connectivity index (χ1) is 9.13. The molecule has 0 amide bonds. The molecule has 0 aromatic heterocycles. The minimum atomic E-state index is -0.536. The molecule has 1 N–H and O–H groups in total. The topological polar surface area (TPSA) is 12.0 Å². The molecule has 0 saturated carbocycles. The van der Waals surface area contributed by atoms with Gasteiger partial charge < -0.3 is 5.32 Å². The van der Waals surface area contributed by atoms with E-state index in [4.69, 9.17) is 0 Å². The third-order valence-electron chi connectivity index (χ3n) is 2.88. The smallest absolute Gasteiger partial charge is 0.131 e. The van der Waals surface area contributed by atoms with Crippen LogP contribution in [0.3, 0.4) is 0 Å². The highest BCUT2D eigenvalue weighted by Gasteiger charge is 2.21. The molecular weight excluding hydrogens is 312 g/mol. The number of nitrogens with one attached hydrogen (secondary N) is 1. The number of hydrogen-bond donors (Lipinski definition) is 1. The zero-order valence-corrected chi connectivity index (χ0v) is 12.0. The largest absolute Gasteiger partial charge is 0.306 e. The van der Waals surface area contributed by atoms with Crippen LogP contribution in [0.25, 0.3) is 0 Å². The minimum Gasteiger partial charge on any atom is -0.306 e. The highest BCUT2D eigenvalue weighted by Crippen LogP contribution is 2.28. The fourth-order valence-electron chi connectivity index (χ4n) is 2.06. The Morgan fingerprint density at radius 3 is 2.32 bits per heavy atom. The molecule has 19 heavy (non-hydrogen) atoms. The van der Waals surface area contributed by atoms with Gasteiger partial charge in [0.2, 0.25) is 0 Å². The van der Waals surface area contributed by atoms with Gasteiger partial charge in [0.1, 0.15) is 11.6 Å². The summed E-state index contributed by atoms with van der Waals surface area (Å²) in [5.41, 5.74) is 0.877. The highest BCUT2D eigenvalue weighted by molar-refractivity contribution is 9.10. The van der Waals surface area contributed by atoms with Crippen molar-refractivity contribution in [3.05, 3.63) is 69.7 Å². The Labute approximate surface area is 119 Å². The van der Waals surface area contributed by atoms with Crippen molar-refractivity contribution in [3.63, 3.8) is 0 Å². The summed E-state index contributed by atoms with van der Waals surface area (Å²) in [6.07, 6.45) is 0. The lowest BCUT2D eigenvalue weighted by atomic mass is 9.97. The summed E-state index contributed by atoms with van der Waals surface area (Å²) in [5.74, 6) is -1.07. The van der Waals surface area contributed by atoms with E-state index in [0.717, 1.165) is 10.0 Å². The predicted octanol–water partition coefficient (Wildman–Crippen LogP) is 4.43. The van der Waals surface area contributed by atoms with E-state index < -0.39 is 17.7 Å². The first-order valence-electron chi connectivity index (χ1n) is 6.06. The monoisotopic (exact) mass is 325 g/mol. The molecule has 0 aliphatic carbocycles. The molecule has 1 atom stereocenters. The molecule has 0 bridgehead atoms. The maximum absolute atomic E-state index is 13.9. The number of halogens is 3. The lowest BCUT2D eigenvalue weighted by molar-refractivity contribution is 0.510. The van der Waals surface area contributed by atoms with Crippen LogP contribution in [0.2, 0.25) is 0 Å². The summed E-state index contributed by atoms with van der Waals surface area (Å²) < 4.78 is 28.7. The van der Waals surface area contributed by atoms with Gasteiger partial charge in [0, 0.05) is 10.0 Å². The zero-order valence-electron chi connectivity index (χ0n) is 10.5. The van der Waals surface area contributed by atoms with Gasteiger partial charge >= 0.3 is 0 Å². The van der Waals surface area contributed by atoms with Crippen molar-refractivity contribution >= 4 is 15.9 Å². The van der Waals surface area contributed by atoms with E-state index in [1.807, 2.05) is 31.2 Å². The summed E-state index contributed by atoms with van der Waals surface area (Å²) in [4.78, 5) is 0. The van der Waals surface area contributed by atoms with Crippen LogP contribution < -0.4 is 5.32 Å². The molecule has 4 heteroatoms. The molecule has 0 aliphatic heterocycles. The standard InChI is InChI=1S/C15H14BrF2N/c1-2-19-15(10-5-3-6-11(16)9-10)14-12(17)7-4-8-13(14)18/h3-9,15,19H,2H2,1H3.